The van der Waals surface area contributed by atoms with Crippen LogP contribution in [0.15, 0.2) is 85.0 Å². The smallest absolute Gasteiger partial charge is 0.00314 e. The first kappa shape index (κ1) is 16.2. The molecule has 0 bridgehead atoms. The van der Waals surface area contributed by atoms with Crippen LogP contribution in [0.3, 0.4) is 0 Å². The molecule has 0 nitrogen and oxygen atoms in total. The lowest BCUT2D eigenvalue weighted by molar-refractivity contribution is 0.363. The third-order valence-electron chi connectivity index (χ3n) is 4.38. The van der Waals surface area contributed by atoms with E-state index >= 15 is 0 Å². The van der Waals surface area contributed by atoms with Crippen LogP contribution in [0.4, 0.5) is 0 Å². The van der Waals surface area contributed by atoms with Crippen molar-refractivity contribution < 1.29 is 0 Å². The minimum Gasteiger partial charge on any atom is -0.0770 e. The highest BCUT2D eigenvalue weighted by atomic mass is 31.1. The Morgan fingerprint density at radius 1 is 0.739 bits per heavy atom. The van der Waals surface area contributed by atoms with E-state index in [4.69, 9.17) is 0 Å². The molecule has 23 heavy (non-hydrogen) atoms. The monoisotopic (exact) mass is 320 g/mol. The van der Waals surface area contributed by atoms with E-state index in [9.17, 15) is 0 Å². The molecule has 0 saturated heterocycles. The molecule has 0 saturated carbocycles. The van der Waals surface area contributed by atoms with Gasteiger partial charge in [0.15, 0.2) is 0 Å². The minimum absolute atomic E-state index is 0.237. The second-order valence-corrected chi connectivity index (χ2v) is 9.53. The fourth-order valence-corrected chi connectivity index (χ4v) is 6.69. The van der Waals surface area contributed by atoms with Crippen LogP contribution in [0.25, 0.3) is 0 Å². The molecule has 1 heteroatoms. The van der Waals surface area contributed by atoms with Crippen LogP contribution in [0.2, 0.25) is 0 Å². The van der Waals surface area contributed by atoms with Crippen molar-refractivity contribution in [2.24, 2.45) is 11.3 Å². The van der Waals surface area contributed by atoms with Gasteiger partial charge in [0, 0.05) is 11.6 Å². The van der Waals surface area contributed by atoms with Crippen LogP contribution in [0, 0.1) is 11.3 Å². The Morgan fingerprint density at radius 3 is 1.57 bits per heavy atom. The summed E-state index contributed by atoms with van der Waals surface area (Å²) in [5.41, 5.74) is 0.818. The van der Waals surface area contributed by atoms with E-state index in [1.165, 1.54) is 10.6 Å². The summed E-state index contributed by atoms with van der Waals surface area (Å²) in [6.07, 6.45) is 9.15. The summed E-state index contributed by atoms with van der Waals surface area (Å²) in [6, 6.07) is 22.1. The fraction of sp³-hybridized carbons (Fsp3) is 0.273. The number of rotatable bonds is 4. The van der Waals surface area contributed by atoms with Crippen LogP contribution < -0.4 is 10.6 Å². The minimum atomic E-state index is -0.416. The molecule has 0 spiro atoms. The van der Waals surface area contributed by atoms with E-state index in [2.05, 4.69) is 106 Å². The van der Waals surface area contributed by atoms with Gasteiger partial charge in [0.05, 0.1) is 0 Å². The topological polar surface area (TPSA) is 0 Å². The van der Waals surface area contributed by atoms with Crippen molar-refractivity contribution in [3.8, 4) is 0 Å². The standard InChI is InChI=1S/C22H25P/c1-22(2,3)21(18-12-10-11-13-18)23(19-14-6-4-7-15-19)20-16-8-5-9-17-20/h4-18,21H,1-3H3. The first-order valence-corrected chi connectivity index (χ1v) is 9.73. The Labute approximate surface area is 141 Å². The molecule has 0 aromatic heterocycles. The summed E-state index contributed by atoms with van der Waals surface area (Å²) in [4.78, 5) is 0. The van der Waals surface area contributed by atoms with E-state index in [-0.39, 0.29) is 5.41 Å². The van der Waals surface area contributed by atoms with Crippen molar-refractivity contribution in [1.82, 2.24) is 0 Å². The second kappa shape index (κ2) is 6.85. The molecule has 0 heterocycles. The highest BCUT2D eigenvalue weighted by molar-refractivity contribution is 7.73. The average Bonchev–Trinajstić information content (AvgIpc) is 3.06. The van der Waals surface area contributed by atoms with Crippen molar-refractivity contribution in [2.75, 3.05) is 0 Å². The fourth-order valence-electron chi connectivity index (χ4n) is 3.44. The molecule has 1 aliphatic carbocycles. The van der Waals surface area contributed by atoms with Gasteiger partial charge in [0.25, 0.3) is 0 Å². The van der Waals surface area contributed by atoms with Crippen molar-refractivity contribution in [3.05, 3.63) is 85.0 Å². The van der Waals surface area contributed by atoms with Gasteiger partial charge < -0.3 is 0 Å². The third kappa shape index (κ3) is 3.65. The molecule has 0 aliphatic heterocycles. The quantitative estimate of drug-likeness (QED) is 0.673. The van der Waals surface area contributed by atoms with Gasteiger partial charge in [-0.05, 0) is 23.9 Å². The van der Waals surface area contributed by atoms with E-state index < -0.39 is 7.92 Å². The van der Waals surface area contributed by atoms with Gasteiger partial charge in [-0.3, -0.25) is 0 Å². The Balaban J connectivity index is 2.12. The lowest BCUT2D eigenvalue weighted by atomic mass is 9.84. The molecule has 0 N–H and O–H groups in total. The van der Waals surface area contributed by atoms with Gasteiger partial charge in [-0.1, -0.05) is 106 Å². The summed E-state index contributed by atoms with van der Waals surface area (Å²) in [5, 5.41) is 2.95. The Kier molecular flexibility index (Phi) is 4.83. The summed E-state index contributed by atoms with van der Waals surface area (Å²) in [7, 11) is -0.416. The van der Waals surface area contributed by atoms with Crippen molar-refractivity contribution in [1.29, 1.82) is 0 Å². The molecule has 1 atom stereocenters. The Morgan fingerprint density at radius 2 is 1.17 bits per heavy atom. The summed E-state index contributed by atoms with van der Waals surface area (Å²) in [6.45, 7) is 7.16. The molecule has 0 radical (unpaired) electrons. The number of hydrogen-bond donors (Lipinski definition) is 0. The number of allylic oxidation sites excluding steroid dienone is 4. The zero-order valence-corrected chi connectivity index (χ0v) is 15.1. The third-order valence-corrected chi connectivity index (χ3v) is 7.76. The zero-order chi connectivity index (χ0) is 16.3. The predicted octanol–water partition coefficient (Wildman–Crippen LogP) is 5.28. The van der Waals surface area contributed by atoms with Crippen LogP contribution in [0.5, 0.6) is 0 Å². The van der Waals surface area contributed by atoms with Crippen LogP contribution in [-0.2, 0) is 0 Å². The van der Waals surface area contributed by atoms with Gasteiger partial charge >= 0.3 is 0 Å². The normalized spacial score (nSPS) is 16.2. The maximum Gasteiger partial charge on any atom is 0.00314 e. The highest BCUT2D eigenvalue weighted by Gasteiger charge is 2.38. The van der Waals surface area contributed by atoms with E-state index in [1.807, 2.05) is 0 Å². The van der Waals surface area contributed by atoms with Crippen LogP contribution in [0.1, 0.15) is 20.8 Å². The largest absolute Gasteiger partial charge is 0.0770 e. The zero-order valence-electron chi connectivity index (χ0n) is 14.2. The van der Waals surface area contributed by atoms with E-state index in [0.29, 0.717) is 11.6 Å². The SMILES string of the molecule is CC(C)(C)C(C1C=CC=C1)P(c1ccccc1)c1ccccc1. The number of benzene rings is 2. The van der Waals surface area contributed by atoms with Gasteiger partial charge in [0.2, 0.25) is 0 Å². The average molecular weight is 320 g/mol. The maximum absolute atomic E-state index is 2.39. The molecule has 2 aromatic carbocycles. The lowest BCUT2D eigenvalue weighted by Crippen LogP contribution is -2.36. The Bertz CT molecular complexity index is 625. The maximum atomic E-state index is 2.39. The molecule has 1 aliphatic rings. The molecular formula is C22H25P. The molecule has 118 valence electrons. The molecule has 3 rings (SSSR count). The predicted molar refractivity (Wildman–Crippen MR) is 104 cm³/mol. The lowest BCUT2D eigenvalue weighted by Gasteiger charge is -2.41. The summed E-state index contributed by atoms with van der Waals surface area (Å²) < 4.78 is 0. The van der Waals surface area contributed by atoms with Crippen molar-refractivity contribution in [3.63, 3.8) is 0 Å². The molecule has 1 unspecified atom stereocenters. The van der Waals surface area contributed by atoms with Gasteiger partial charge in [0.1, 0.15) is 0 Å². The van der Waals surface area contributed by atoms with Gasteiger partial charge in [-0.25, -0.2) is 0 Å². The first-order chi connectivity index (χ1) is 11.1. The second-order valence-electron chi connectivity index (χ2n) is 7.20. The molecular weight excluding hydrogens is 295 g/mol. The van der Waals surface area contributed by atoms with Crippen LogP contribution >= 0.6 is 7.92 Å². The molecule has 0 amide bonds. The van der Waals surface area contributed by atoms with Crippen LogP contribution in [-0.4, -0.2) is 5.66 Å². The molecule has 2 aromatic rings. The van der Waals surface area contributed by atoms with Crippen molar-refractivity contribution >= 4 is 18.5 Å². The van der Waals surface area contributed by atoms with E-state index in [0.717, 1.165) is 0 Å². The van der Waals surface area contributed by atoms with Gasteiger partial charge in [-0.2, -0.15) is 0 Å². The van der Waals surface area contributed by atoms with E-state index in [1.54, 1.807) is 0 Å². The summed E-state index contributed by atoms with van der Waals surface area (Å²) >= 11 is 0. The molecule has 0 fully saturated rings. The summed E-state index contributed by atoms with van der Waals surface area (Å²) in [5.74, 6) is 0.515. The first-order valence-electron chi connectivity index (χ1n) is 8.32. The van der Waals surface area contributed by atoms with Crippen molar-refractivity contribution in [2.45, 2.75) is 26.4 Å². The highest BCUT2D eigenvalue weighted by Crippen LogP contribution is 2.52. The number of hydrogen-bond acceptors (Lipinski definition) is 0. The Hall–Kier alpha value is -1.65. The van der Waals surface area contributed by atoms with Gasteiger partial charge in [-0.15, -0.1) is 0 Å².